The van der Waals surface area contributed by atoms with Crippen LogP contribution in [0.15, 0.2) is 36.7 Å². The second kappa shape index (κ2) is 10.6. The minimum absolute atomic E-state index is 0.0985. The van der Waals surface area contributed by atoms with Gasteiger partial charge < -0.3 is 19.9 Å². The number of pyridine rings is 1. The second-order valence-electron chi connectivity index (χ2n) is 10.3. The molecule has 2 aliphatic heterocycles. The maximum atomic E-state index is 14.4. The molecule has 2 saturated heterocycles. The lowest BCUT2D eigenvalue weighted by atomic mass is 9.94. The zero-order valence-electron chi connectivity index (χ0n) is 22.1. The van der Waals surface area contributed by atoms with Crippen LogP contribution in [0.4, 0.5) is 27.7 Å². The molecule has 2 atom stereocenters. The van der Waals surface area contributed by atoms with Gasteiger partial charge in [0.15, 0.2) is 0 Å². The first-order valence-electron chi connectivity index (χ1n) is 12.8. The summed E-state index contributed by atoms with van der Waals surface area (Å²) in [5, 5.41) is 5.37. The van der Waals surface area contributed by atoms with Crippen molar-refractivity contribution in [2.24, 2.45) is 0 Å². The molecule has 0 amide bonds. The predicted octanol–water partition coefficient (Wildman–Crippen LogP) is 3.19. The highest BCUT2D eigenvalue weighted by molar-refractivity contribution is 7.88. The number of alkyl halides is 1. The number of ether oxygens (including phenoxy) is 1. The summed E-state index contributed by atoms with van der Waals surface area (Å²) in [5.74, 6) is 1.98. The summed E-state index contributed by atoms with van der Waals surface area (Å²) in [7, 11) is -1.70. The molecule has 2 aliphatic rings. The highest BCUT2D eigenvalue weighted by Crippen LogP contribution is 2.36. The summed E-state index contributed by atoms with van der Waals surface area (Å²) >= 11 is 0. The SMILES string of the molecule is COC1CCN(c2nccc(Nc3cc4c(C(C)C)ccc(N5CC(NS(C)(=O)=O)C5)c4cn3)n2)CC1F. The average Bonchev–Trinajstić information content (AvgIpc) is 2.85. The van der Waals surface area contributed by atoms with Crippen molar-refractivity contribution in [3.05, 3.63) is 42.2 Å². The van der Waals surface area contributed by atoms with Crippen LogP contribution in [0.3, 0.4) is 0 Å². The Hall–Kier alpha value is -3.09. The van der Waals surface area contributed by atoms with Crippen molar-refractivity contribution in [3.8, 4) is 0 Å². The summed E-state index contributed by atoms with van der Waals surface area (Å²) in [4.78, 5) is 17.6. The number of hydrogen-bond acceptors (Lipinski definition) is 9. The molecule has 0 radical (unpaired) electrons. The molecule has 10 nitrogen and oxygen atoms in total. The van der Waals surface area contributed by atoms with Gasteiger partial charge in [0.2, 0.25) is 16.0 Å². The molecule has 2 fully saturated rings. The van der Waals surface area contributed by atoms with E-state index in [0.29, 0.717) is 49.6 Å². The number of sulfonamides is 1. The number of aromatic nitrogens is 3. The monoisotopic (exact) mass is 543 g/mol. The topological polar surface area (TPSA) is 113 Å². The number of hydrogen-bond donors (Lipinski definition) is 2. The maximum Gasteiger partial charge on any atom is 0.227 e. The number of fused-ring (bicyclic) bond motifs is 1. The van der Waals surface area contributed by atoms with Crippen molar-refractivity contribution >= 4 is 44.1 Å². The van der Waals surface area contributed by atoms with Crippen LogP contribution in [0, 0.1) is 0 Å². The van der Waals surface area contributed by atoms with Crippen LogP contribution in [0.5, 0.6) is 0 Å². The minimum Gasteiger partial charge on any atom is -0.378 e. The molecular formula is C26H34FN7O3S. The minimum atomic E-state index is -3.24. The van der Waals surface area contributed by atoms with E-state index >= 15 is 0 Å². The van der Waals surface area contributed by atoms with Gasteiger partial charge in [-0.25, -0.2) is 27.5 Å². The number of halogens is 1. The van der Waals surface area contributed by atoms with Crippen LogP contribution >= 0.6 is 0 Å². The first kappa shape index (κ1) is 26.5. The van der Waals surface area contributed by atoms with E-state index in [1.54, 1.807) is 12.3 Å². The Morgan fingerprint density at radius 3 is 2.55 bits per heavy atom. The number of rotatable bonds is 8. The lowest BCUT2D eigenvalue weighted by Gasteiger charge is -2.41. The highest BCUT2D eigenvalue weighted by atomic mass is 32.2. The smallest absolute Gasteiger partial charge is 0.227 e. The fourth-order valence-electron chi connectivity index (χ4n) is 5.18. The molecule has 0 spiro atoms. The molecule has 2 unspecified atom stereocenters. The Balaban J connectivity index is 1.37. The molecule has 2 N–H and O–H groups in total. The first-order chi connectivity index (χ1) is 18.1. The van der Waals surface area contributed by atoms with E-state index in [1.807, 2.05) is 17.2 Å². The normalized spacial score (nSPS) is 20.7. The zero-order valence-corrected chi connectivity index (χ0v) is 22.9. The molecular weight excluding hydrogens is 509 g/mol. The molecule has 0 bridgehead atoms. The van der Waals surface area contributed by atoms with Gasteiger partial charge in [-0.15, -0.1) is 0 Å². The zero-order chi connectivity index (χ0) is 27.0. The van der Waals surface area contributed by atoms with Crippen molar-refractivity contribution in [3.63, 3.8) is 0 Å². The molecule has 4 heterocycles. The average molecular weight is 544 g/mol. The number of nitrogens with one attached hydrogen (secondary N) is 2. The van der Waals surface area contributed by atoms with E-state index in [1.165, 1.54) is 18.9 Å². The summed E-state index contributed by atoms with van der Waals surface area (Å²) < 4.78 is 45.4. The molecule has 0 saturated carbocycles. The molecule has 5 rings (SSSR count). The van der Waals surface area contributed by atoms with E-state index in [0.717, 1.165) is 16.5 Å². The van der Waals surface area contributed by atoms with Gasteiger partial charge in [0.1, 0.15) is 17.8 Å². The summed E-state index contributed by atoms with van der Waals surface area (Å²) in [6.07, 6.45) is 3.78. The fraction of sp³-hybridized carbons (Fsp3) is 0.500. The lowest BCUT2D eigenvalue weighted by molar-refractivity contribution is 0.0194. The van der Waals surface area contributed by atoms with Gasteiger partial charge in [0.25, 0.3) is 0 Å². The summed E-state index contributed by atoms with van der Waals surface area (Å²) in [6, 6.07) is 7.90. The molecule has 2 aromatic heterocycles. The van der Waals surface area contributed by atoms with E-state index in [2.05, 4.69) is 55.9 Å². The maximum absolute atomic E-state index is 14.4. The van der Waals surface area contributed by atoms with E-state index in [4.69, 9.17) is 4.74 Å². The van der Waals surface area contributed by atoms with Crippen LogP contribution < -0.4 is 19.8 Å². The van der Waals surface area contributed by atoms with Gasteiger partial charge in [-0.2, -0.15) is 4.98 Å². The molecule has 38 heavy (non-hydrogen) atoms. The Bertz CT molecular complexity index is 1420. The van der Waals surface area contributed by atoms with Gasteiger partial charge >= 0.3 is 0 Å². The van der Waals surface area contributed by atoms with Crippen LogP contribution in [0.2, 0.25) is 0 Å². The van der Waals surface area contributed by atoms with Crippen molar-refractivity contribution in [1.29, 1.82) is 0 Å². The fourth-order valence-corrected chi connectivity index (χ4v) is 5.93. The Labute approximate surface area is 222 Å². The van der Waals surface area contributed by atoms with Gasteiger partial charge in [0.05, 0.1) is 24.9 Å². The largest absolute Gasteiger partial charge is 0.378 e. The number of piperidine rings is 1. The van der Waals surface area contributed by atoms with Crippen LogP contribution in [0.1, 0.15) is 31.7 Å². The third-order valence-electron chi connectivity index (χ3n) is 7.10. The Morgan fingerprint density at radius 1 is 1.08 bits per heavy atom. The second-order valence-corrected chi connectivity index (χ2v) is 12.1. The molecule has 1 aromatic carbocycles. The third kappa shape index (κ3) is 5.67. The van der Waals surface area contributed by atoms with E-state index in [-0.39, 0.29) is 12.6 Å². The quantitative estimate of drug-likeness (QED) is 0.442. The highest BCUT2D eigenvalue weighted by Gasteiger charge is 2.31. The first-order valence-corrected chi connectivity index (χ1v) is 14.7. The van der Waals surface area contributed by atoms with Crippen LogP contribution in [0.25, 0.3) is 10.8 Å². The third-order valence-corrected chi connectivity index (χ3v) is 7.86. The standard InChI is InChI=1S/C26H34FN7O3S/c1-16(2)18-5-6-22(34-13-17(14-34)32-38(4,35)36)20-12-29-25(11-19(18)20)30-24-7-9-28-26(31-24)33-10-8-23(37-3)21(27)15-33/h5-7,9,11-12,16-17,21,23,32H,8,10,13-15H2,1-4H3,(H,28,29,30,31). The Kier molecular flexibility index (Phi) is 7.38. The van der Waals surface area contributed by atoms with E-state index in [9.17, 15) is 12.8 Å². The molecule has 204 valence electrons. The van der Waals surface area contributed by atoms with Gasteiger partial charge in [-0.3, -0.25) is 0 Å². The van der Waals surface area contributed by atoms with Crippen molar-refractivity contribution < 1.29 is 17.5 Å². The van der Waals surface area contributed by atoms with E-state index < -0.39 is 22.3 Å². The van der Waals surface area contributed by atoms with Gasteiger partial charge in [-0.1, -0.05) is 19.9 Å². The van der Waals surface area contributed by atoms with Gasteiger partial charge in [0, 0.05) is 50.2 Å². The lowest BCUT2D eigenvalue weighted by Crippen LogP contribution is -2.59. The Morgan fingerprint density at radius 2 is 1.87 bits per heavy atom. The molecule has 0 aliphatic carbocycles. The molecule has 12 heteroatoms. The van der Waals surface area contributed by atoms with Gasteiger partial charge in [-0.05, 0) is 41.5 Å². The molecule has 3 aromatic rings. The van der Waals surface area contributed by atoms with Crippen LogP contribution in [-0.2, 0) is 14.8 Å². The number of methoxy groups -OCH3 is 1. The summed E-state index contributed by atoms with van der Waals surface area (Å²) in [5.41, 5.74) is 2.22. The summed E-state index contributed by atoms with van der Waals surface area (Å²) in [6.45, 7) is 6.32. The number of benzene rings is 1. The predicted molar refractivity (Wildman–Crippen MR) is 148 cm³/mol. The number of anilines is 4. The number of nitrogens with zero attached hydrogens (tertiary/aromatic N) is 5. The van der Waals surface area contributed by atoms with Crippen molar-refractivity contribution in [1.82, 2.24) is 19.7 Å². The van der Waals surface area contributed by atoms with Crippen molar-refractivity contribution in [2.45, 2.75) is 44.5 Å². The van der Waals surface area contributed by atoms with Crippen molar-refractivity contribution in [2.75, 3.05) is 54.7 Å². The van der Waals surface area contributed by atoms with Crippen LogP contribution in [-0.4, -0.2) is 81.2 Å².